The third-order valence-electron chi connectivity index (χ3n) is 5.03. The number of methoxy groups -OCH3 is 1. The second kappa shape index (κ2) is 8.43. The highest BCUT2D eigenvalue weighted by Crippen LogP contribution is 2.19. The molecule has 2 heterocycles. The molecule has 1 N–H and O–H groups in total. The lowest BCUT2D eigenvalue weighted by Crippen LogP contribution is -2.27. The van der Waals surface area contributed by atoms with E-state index in [0.717, 1.165) is 5.69 Å². The maximum Gasteiger partial charge on any atom is 0.264 e. The number of rotatable bonds is 6. The van der Waals surface area contributed by atoms with Crippen LogP contribution in [0.5, 0.6) is 5.75 Å². The number of hydrogen-bond donors (Lipinski definition) is 1. The van der Waals surface area contributed by atoms with E-state index in [0.29, 0.717) is 28.4 Å². The molecule has 0 unspecified atom stereocenters. The van der Waals surface area contributed by atoms with E-state index in [1.807, 2.05) is 24.3 Å². The second-order valence-corrected chi connectivity index (χ2v) is 7.50. The van der Waals surface area contributed by atoms with Crippen LogP contribution in [0.4, 0.5) is 5.69 Å². The van der Waals surface area contributed by atoms with Crippen LogP contribution in [0.2, 0.25) is 0 Å². The van der Waals surface area contributed by atoms with Crippen molar-refractivity contribution in [2.45, 2.75) is 26.3 Å². The molecule has 0 saturated heterocycles. The summed E-state index contributed by atoms with van der Waals surface area (Å²) in [5.41, 5.74) is 2.75. The van der Waals surface area contributed by atoms with Gasteiger partial charge in [0, 0.05) is 11.8 Å². The Morgan fingerprint density at radius 2 is 1.94 bits per heavy atom. The molecule has 2 aromatic heterocycles. The third-order valence-corrected chi connectivity index (χ3v) is 5.03. The molecule has 0 aliphatic rings. The fourth-order valence-corrected chi connectivity index (χ4v) is 3.31. The van der Waals surface area contributed by atoms with Crippen molar-refractivity contribution < 1.29 is 9.53 Å². The maximum absolute atomic E-state index is 12.9. The normalized spacial score (nSPS) is 11.1. The Labute approximate surface area is 179 Å². The van der Waals surface area contributed by atoms with Crippen molar-refractivity contribution in [3.8, 4) is 11.4 Å². The Morgan fingerprint density at radius 3 is 2.65 bits per heavy atom. The number of carbonyl (C=O) groups excluding carboxylic acids is 1. The highest BCUT2D eigenvalue weighted by atomic mass is 16.5. The van der Waals surface area contributed by atoms with Crippen LogP contribution in [0, 0.1) is 0 Å². The zero-order chi connectivity index (χ0) is 22.0. The van der Waals surface area contributed by atoms with Gasteiger partial charge >= 0.3 is 0 Å². The number of hydrogen-bond acceptors (Lipinski definition) is 5. The third kappa shape index (κ3) is 4.18. The smallest absolute Gasteiger partial charge is 0.264 e. The minimum absolute atomic E-state index is 0.159. The molecule has 31 heavy (non-hydrogen) atoms. The molecule has 0 spiro atoms. The molecule has 0 radical (unpaired) electrons. The largest absolute Gasteiger partial charge is 0.497 e. The standard InChI is InChI=1S/C23H23N5O3/c1-15(2)16-7-9-18(10-8-16)28-22-20(12-25-28)23(30)27(14-24-22)13-21(29)26-17-5-4-6-19(11-17)31-3/h4-12,14-15H,13H2,1-3H3,(H,26,29). The highest BCUT2D eigenvalue weighted by molar-refractivity contribution is 5.91. The second-order valence-electron chi connectivity index (χ2n) is 7.50. The molecular formula is C23H23N5O3. The Hall–Kier alpha value is -3.94. The maximum atomic E-state index is 12.9. The predicted molar refractivity (Wildman–Crippen MR) is 119 cm³/mol. The Balaban J connectivity index is 1.57. The molecule has 0 saturated carbocycles. The van der Waals surface area contributed by atoms with E-state index < -0.39 is 0 Å². The van der Waals surface area contributed by atoms with Crippen LogP contribution in [0.15, 0.2) is 65.8 Å². The number of fused-ring (bicyclic) bond motifs is 1. The molecule has 0 atom stereocenters. The quantitative estimate of drug-likeness (QED) is 0.520. The highest BCUT2D eigenvalue weighted by Gasteiger charge is 2.14. The molecule has 1 amide bonds. The van der Waals surface area contributed by atoms with Gasteiger partial charge in [0.2, 0.25) is 5.91 Å². The Kier molecular flexibility index (Phi) is 5.53. The van der Waals surface area contributed by atoms with E-state index >= 15 is 0 Å². The van der Waals surface area contributed by atoms with Gasteiger partial charge in [-0.2, -0.15) is 5.10 Å². The van der Waals surface area contributed by atoms with Crippen LogP contribution in [-0.4, -0.2) is 32.3 Å². The van der Waals surface area contributed by atoms with Gasteiger partial charge in [0.15, 0.2) is 5.65 Å². The molecular weight excluding hydrogens is 394 g/mol. The van der Waals surface area contributed by atoms with Gasteiger partial charge in [-0.1, -0.05) is 32.0 Å². The summed E-state index contributed by atoms with van der Waals surface area (Å²) < 4.78 is 8.05. The first-order chi connectivity index (χ1) is 15.0. The Bertz CT molecular complexity index is 1290. The van der Waals surface area contributed by atoms with Crippen LogP contribution in [0.25, 0.3) is 16.7 Å². The fraction of sp³-hybridized carbons (Fsp3) is 0.217. The monoisotopic (exact) mass is 417 g/mol. The summed E-state index contributed by atoms with van der Waals surface area (Å²) in [6, 6.07) is 15.0. The van der Waals surface area contributed by atoms with E-state index in [-0.39, 0.29) is 18.0 Å². The zero-order valence-electron chi connectivity index (χ0n) is 17.6. The molecule has 0 aliphatic carbocycles. The van der Waals surface area contributed by atoms with Crippen molar-refractivity contribution in [1.29, 1.82) is 0 Å². The van der Waals surface area contributed by atoms with E-state index in [4.69, 9.17) is 4.74 Å². The number of carbonyl (C=O) groups is 1. The number of nitrogens with one attached hydrogen (secondary N) is 1. The van der Waals surface area contributed by atoms with Crippen LogP contribution < -0.4 is 15.6 Å². The molecule has 0 fully saturated rings. The first kappa shape index (κ1) is 20.3. The van der Waals surface area contributed by atoms with Gasteiger partial charge in [0.1, 0.15) is 24.0 Å². The van der Waals surface area contributed by atoms with Gasteiger partial charge in [-0.3, -0.25) is 14.2 Å². The van der Waals surface area contributed by atoms with Crippen LogP contribution in [-0.2, 0) is 11.3 Å². The SMILES string of the molecule is COc1cccc(NC(=O)Cn2cnc3c(cnn3-c3ccc(C(C)C)cc3)c2=O)c1. The minimum Gasteiger partial charge on any atom is -0.497 e. The van der Waals surface area contributed by atoms with Gasteiger partial charge < -0.3 is 10.1 Å². The van der Waals surface area contributed by atoms with Gasteiger partial charge in [-0.25, -0.2) is 9.67 Å². The molecule has 8 heteroatoms. The summed E-state index contributed by atoms with van der Waals surface area (Å²) >= 11 is 0. The van der Waals surface area contributed by atoms with Gasteiger partial charge in [0.25, 0.3) is 5.56 Å². The summed E-state index contributed by atoms with van der Waals surface area (Å²) in [4.78, 5) is 29.7. The van der Waals surface area contributed by atoms with Gasteiger partial charge in [-0.05, 0) is 35.7 Å². The van der Waals surface area contributed by atoms with E-state index in [2.05, 4.69) is 29.2 Å². The number of benzene rings is 2. The topological polar surface area (TPSA) is 91.0 Å². The average Bonchev–Trinajstić information content (AvgIpc) is 3.20. The van der Waals surface area contributed by atoms with Crippen molar-refractivity contribution in [2.24, 2.45) is 0 Å². The van der Waals surface area contributed by atoms with Crippen LogP contribution in [0.3, 0.4) is 0 Å². The number of anilines is 1. The molecule has 0 aliphatic heterocycles. The number of amides is 1. The van der Waals surface area contributed by atoms with Crippen molar-refractivity contribution in [1.82, 2.24) is 19.3 Å². The van der Waals surface area contributed by atoms with Crippen molar-refractivity contribution in [3.63, 3.8) is 0 Å². The van der Waals surface area contributed by atoms with Crippen LogP contribution in [0.1, 0.15) is 25.3 Å². The molecule has 4 aromatic rings. The summed E-state index contributed by atoms with van der Waals surface area (Å²) in [7, 11) is 1.56. The van der Waals surface area contributed by atoms with E-state index in [9.17, 15) is 9.59 Å². The number of ether oxygens (including phenoxy) is 1. The van der Waals surface area contributed by atoms with Crippen molar-refractivity contribution in [2.75, 3.05) is 12.4 Å². The first-order valence-electron chi connectivity index (χ1n) is 9.93. The molecule has 2 aromatic carbocycles. The lowest BCUT2D eigenvalue weighted by Gasteiger charge is -2.09. The minimum atomic E-state index is -0.340. The zero-order valence-corrected chi connectivity index (χ0v) is 17.6. The fourth-order valence-electron chi connectivity index (χ4n) is 3.31. The molecule has 8 nitrogen and oxygen atoms in total. The van der Waals surface area contributed by atoms with Gasteiger partial charge in [0.05, 0.1) is 19.0 Å². The summed E-state index contributed by atoms with van der Waals surface area (Å²) in [5, 5.41) is 7.44. The summed E-state index contributed by atoms with van der Waals surface area (Å²) in [5.74, 6) is 0.719. The average molecular weight is 417 g/mol. The number of aromatic nitrogens is 4. The van der Waals surface area contributed by atoms with E-state index in [1.54, 1.807) is 36.1 Å². The molecule has 158 valence electrons. The first-order valence-corrected chi connectivity index (χ1v) is 9.93. The Morgan fingerprint density at radius 1 is 1.16 bits per heavy atom. The molecule has 4 rings (SSSR count). The predicted octanol–water partition coefficient (Wildman–Crippen LogP) is 3.35. The molecule has 0 bridgehead atoms. The lowest BCUT2D eigenvalue weighted by atomic mass is 10.0. The lowest BCUT2D eigenvalue weighted by molar-refractivity contribution is -0.116. The van der Waals surface area contributed by atoms with E-state index in [1.165, 1.54) is 22.7 Å². The van der Waals surface area contributed by atoms with Crippen molar-refractivity contribution in [3.05, 3.63) is 77.0 Å². The van der Waals surface area contributed by atoms with Crippen molar-refractivity contribution >= 4 is 22.6 Å². The summed E-state index contributed by atoms with van der Waals surface area (Å²) in [6.45, 7) is 4.10. The summed E-state index contributed by atoms with van der Waals surface area (Å²) in [6.07, 6.45) is 2.86. The van der Waals surface area contributed by atoms with Gasteiger partial charge in [-0.15, -0.1) is 0 Å². The van der Waals surface area contributed by atoms with Crippen LogP contribution >= 0.6 is 0 Å². The number of nitrogens with zero attached hydrogens (tertiary/aromatic N) is 4.